The van der Waals surface area contributed by atoms with Gasteiger partial charge >= 0.3 is 6.09 Å². The van der Waals surface area contributed by atoms with E-state index in [-0.39, 0.29) is 5.91 Å². The van der Waals surface area contributed by atoms with Crippen molar-refractivity contribution in [2.45, 2.75) is 13.5 Å². The predicted octanol–water partition coefficient (Wildman–Crippen LogP) is 3.87. The molecular weight excluding hydrogens is 378 g/mol. The molecule has 0 atom stereocenters. The van der Waals surface area contributed by atoms with Gasteiger partial charge in [-0.05, 0) is 48.9 Å². The molecule has 0 aromatic heterocycles. The number of anilines is 1. The van der Waals surface area contributed by atoms with Gasteiger partial charge in [0.1, 0.15) is 0 Å². The van der Waals surface area contributed by atoms with E-state index in [2.05, 4.69) is 16.3 Å². The number of hydrogen-bond donors (Lipinski definition) is 1. The van der Waals surface area contributed by atoms with Crippen molar-refractivity contribution < 1.29 is 14.3 Å². The molecule has 148 valence electrons. The highest BCUT2D eigenvalue weighted by molar-refractivity contribution is 6.30. The molecular formula is C21H24ClN3O3. The third-order valence-corrected chi connectivity index (χ3v) is 4.84. The number of halogens is 1. The monoisotopic (exact) mass is 401 g/mol. The molecule has 1 N–H and O–H groups in total. The van der Waals surface area contributed by atoms with Crippen LogP contribution in [0.3, 0.4) is 0 Å². The maximum absolute atomic E-state index is 12.7. The number of benzene rings is 2. The second kappa shape index (κ2) is 9.57. The molecule has 0 bridgehead atoms. The van der Waals surface area contributed by atoms with E-state index in [0.717, 1.165) is 24.7 Å². The Morgan fingerprint density at radius 2 is 1.79 bits per heavy atom. The molecule has 2 aromatic rings. The number of amides is 2. The summed E-state index contributed by atoms with van der Waals surface area (Å²) in [6, 6.07) is 14.7. The number of hydrogen-bond acceptors (Lipinski definition) is 4. The van der Waals surface area contributed by atoms with Gasteiger partial charge in [-0.25, -0.2) is 4.79 Å². The Hall–Kier alpha value is -2.57. The van der Waals surface area contributed by atoms with Crippen molar-refractivity contribution in [1.29, 1.82) is 0 Å². The minimum Gasteiger partial charge on any atom is -0.450 e. The summed E-state index contributed by atoms with van der Waals surface area (Å²) in [5.41, 5.74) is 2.39. The first-order valence-corrected chi connectivity index (χ1v) is 9.73. The summed E-state index contributed by atoms with van der Waals surface area (Å²) in [7, 11) is 0. The maximum Gasteiger partial charge on any atom is 0.411 e. The highest BCUT2D eigenvalue weighted by Gasteiger charge is 2.22. The van der Waals surface area contributed by atoms with Gasteiger partial charge in [-0.3, -0.25) is 15.0 Å². The van der Waals surface area contributed by atoms with Crippen LogP contribution in [0, 0.1) is 0 Å². The van der Waals surface area contributed by atoms with E-state index in [9.17, 15) is 9.59 Å². The lowest BCUT2D eigenvalue weighted by molar-refractivity contribution is 0.0628. The Morgan fingerprint density at radius 1 is 1.07 bits per heavy atom. The number of carbonyl (C=O) groups is 2. The Labute approximate surface area is 170 Å². The number of ether oxygens (including phenoxy) is 1. The van der Waals surface area contributed by atoms with Crippen LogP contribution in [-0.4, -0.2) is 54.6 Å². The fraction of sp³-hybridized carbons (Fsp3) is 0.333. The summed E-state index contributed by atoms with van der Waals surface area (Å²) >= 11 is 6.05. The van der Waals surface area contributed by atoms with Crippen LogP contribution in [0.5, 0.6) is 0 Å². The van der Waals surface area contributed by atoms with Crippen molar-refractivity contribution in [2.75, 3.05) is 38.1 Å². The molecule has 0 radical (unpaired) electrons. The zero-order valence-corrected chi connectivity index (χ0v) is 16.6. The molecule has 1 saturated heterocycles. The van der Waals surface area contributed by atoms with E-state index in [1.807, 2.05) is 23.1 Å². The molecule has 1 aliphatic rings. The average molecular weight is 402 g/mol. The van der Waals surface area contributed by atoms with Gasteiger partial charge in [0.05, 0.1) is 6.61 Å². The summed E-state index contributed by atoms with van der Waals surface area (Å²) in [5.74, 6) is 0.00471. The SMILES string of the molecule is CCOC(=O)Nc1ccc(C(=O)N2CCN(Cc3cccc(Cl)c3)CC2)cc1. The second-order valence-corrected chi connectivity index (χ2v) is 7.06. The van der Waals surface area contributed by atoms with Gasteiger partial charge in [0.15, 0.2) is 0 Å². The van der Waals surface area contributed by atoms with E-state index >= 15 is 0 Å². The summed E-state index contributed by atoms with van der Waals surface area (Å²) in [6.07, 6.45) is -0.502. The topological polar surface area (TPSA) is 61.9 Å². The lowest BCUT2D eigenvalue weighted by Crippen LogP contribution is -2.48. The van der Waals surface area contributed by atoms with E-state index in [0.29, 0.717) is 30.9 Å². The second-order valence-electron chi connectivity index (χ2n) is 6.62. The molecule has 2 aromatic carbocycles. The largest absolute Gasteiger partial charge is 0.450 e. The molecule has 1 aliphatic heterocycles. The van der Waals surface area contributed by atoms with E-state index < -0.39 is 6.09 Å². The molecule has 0 unspecified atom stereocenters. The Kier molecular flexibility index (Phi) is 6.90. The Morgan fingerprint density at radius 3 is 2.43 bits per heavy atom. The molecule has 1 heterocycles. The van der Waals surface area contributed by atoms with Crippen molar-refractivity contribution in [3.63, 3.8) is 0 Å². The molecule has 1 fully saturated rings. The standard InChI is InChI=1S/C21H24ClN3O3/c1-2-28-21(27)23-19-8-6-17(7-9-19)20(26)25-12-10-24(11-13-25)15-16-4-3-5-18(22)14-16/h3-9,14H,2,10-13,15H2,1H3,(H,23,27). The Balaban J connectivity index is 1.51. The van der Waals surface area contributed by atoms with Crippen molar-refractivity contribution in [2.24, 2.45) is 0 Å². The first-order valence-electron chi connectivity index (χ1n) is 9.35. The van der Waals surface area contributed by atoms with Crippen LogP contribution in [0.25, 0.3) is 0 Å². The number of nitrogens with zero attached hydrogens (tertiary/aromatic N) is 2. The Bertz CT molecular complexity index is 818. The number of carbonyl (C=O) groups excluding carboxylic acids is 2. The quantitative estimate of drug-likeness (QED) is 0.826. The summed E-state index contributed by atoms with van der Waals surface area (Å²) in [4.78, 5) is 28.3. The van der Waals surface area contributed by atoms with Crippen molar-refractivity contribution in [1.82, 2.24) is 9.80 Å². The lowest BCUT2D eigenvalue weighted by atomic mass is 10.1. The zero-order valence-electron chi connectivity index (χ0n) is 15.9. The fourth-order valence-electron chi connectivity index (χ4n) is 3.17. The molecule has 0 aliphatic carbocycles. The average Bonchev–Trinajstić information content (AvgIpc) is 2.69. The molecule has 2 amide bonds. The number of rotatable bonds is 5. The van der Waals surface area contributed by atoms with E-state index in [1.54, 1.807) is 31.2 Å². The van der Waals surface area contributed by atoms with Crippen molar-refractivity contribution >= 4 is 29.3 Å². The van der Waals surface area contributed by atoms with Crippen molar-refractivity contribution in [3.8, 4) is 0 Å². The van der Waals surface area contributed by atoms with Crippen LogP contribution in [0.15, 0.2) is 48.5 Å². The fourth-order valence-corrected chi connectivity index (χ4v) is 3.38. The molecule has 28 heavy (non-hydrogen) atoms. The highest BCUT2D eigenvalue weighted by atomic mass is 35.5. The molecule has 7 heteroatoms. The molecule has 3 rings (SSSR count). The van der Waals surface area contributed by atoms with Gasteiger partial charge < -0.3 is 9.64 Å². The first kappa shape index (κ1) is 20.2. The minimum atomic E-state index is -0.502. The summed E-state index contributed by atoms with van der Waals surface area (Å²) in [6.45, 7) is 5.89. The smallest absolute Gasteiger partial charge is 0.411 e. The van der Waals surface area contributed by atoms with Crippen molar-refractivity contribution in [3.05, 3.63) is 64.7 Å². The van der Waals surface area contributed by atoms with Crippen LogP contribution >= 0.6 is 11.6 Å². The van der Waals surface area contributed by atoms with E-state index in [4.69, 9.17) is 16.3 Å². The zero-order chi connectivity index (χ0) is 19.9. The first-order chi connectivity index (χ1) is 13.5. The lowest BCUT2D eigenvalue weighted by Gasteiger charge is -2.34. The van der Waals surface area contributed by atoms with Crippen LogP contribution in [0.4, 0.5) is 10.5 Å². The van der Waals surface area contributed by atoms with Crippen LogP contribution < -0.4 is 5.32 Å². The van der Waals surface area contributed by atoms with Gasteiger partial charge in [-0.2, -0.15) is 0 Å². The van der Waals surface area contributed by atoms with Crippen LogP contribution in [-0.2, 0) is 11.3 Å². The number of nitrogens with one attached hydrogen (secondary N) is 1. The van der Waals surface area contributed by atoms with E-state index in [1.165, 1.54) is 5.56 Å². The van der Waals surface area contributed by atoms with Gasteiger partial charge in [0, 0.05) is 49.0 Å². The van der Waals surface area contributed by atoms with Crippen LogP contribution in [0.1, 0.15) is 22.8 Å². The van der Waals surface area contributed by atoms with Gasteiger partial charge in [-0.1, -0.05) is 23.7 Å². The summed E-state index contributed by atoms with van der Waals surface area (Å²) in [5, 5.41) is 3.36. The molecule has 6 nitrogen and oxygen atoms in total. The molecule has 0 spiro atoms. The third-order valence-electron chi connectivity index (χ3n) is 4.61. The van der Waals surface area contributed by atoms with Gasteiger partial charge in [-0.15, -0.1) is 0 Å². The third kappa shape index (κ3) is 5.47. The number of piperazine rings is 1. The van der Waals surface area contributed by atoms with Gasteiger partial charge in [0.2, 0.25) is 0 Å². The van der Waals surface area contributed by atoms with Gasteiger partial charge in [0.25, 0.3) is 5.91 Å². The highest BCUT2D eigenvalue weighted by Crippen LogP contribution is 2.16. The summed E-state index contributed by atoms with van der Waals surface area (Å²) < 4.78 is 4.84. The normalized spacial score (nSPS) is 14.6. The predicted molar refractivity (Wildman–Crippen MR) is 110 cm³/mol. The maximum atomic E-state index is 12.7. The molecule has 0 saturated carbocycles. The van der Waals surface area contributed by atoms with Crippen LogP contribution in [0.2, 0.25) is 5.02 Å². The minimum absolute atomic E-state index is 0.00471.